The molecular formula is C19H25N3O3S. The highest BCUT2D eigenvalue weighted by Gasteiger charge is 2.26. The topological polar surface area (TPSA) is 71.5 Å². The molecule has 3 rings (SSSR count). The molecule has 0 bridgehead atoms. The Bertz CT molecular complexity index is 860. The van der Waals surface area contributed by atoms with Gasteiger partial charge < -0.3 is 10.1 Å². The third-order valence-corrected chi connectivity index (χ3v) is 6.70. The SMILES string of the molecule is Cc1cccc(C(C)Nc2ccc(S(=O)(=O)N3CCOCC3)cn2)c1C. The highest BCUT2D eigenvalue weighted by Crippen LogP contribution is 2.24. The zero-order valence-corrected chi connectivity index (χ0v) is 16.2. The minimum Gasteiger partial charge on any atom is -0.379 e. The van der Waals surface area contributed by atoms with E-state index in [0.29, 0.717) is 32.1 Å². The van der Waals surface area contributed by atoms with Crippen molar-refractivity contribution in [1.29, 1.82) is 0 Å². The van der Waals surface area contributed by atoms with Gasteiger partial charge in [-0.25, -0.2) is 13.4 Å². The lowest BCUT2D eigenvalue weighted by molar-refractivity contribution is 0.0730. The fourth-order valence-corrected chi connectivity index (χ4v) is 4.45. The molecule has 1 N–H and O–H groups in total. The van der Waals surface area contributed by atoms with Gasteiger partial charge in [0.25, 0.3) is 0 Å². The summed E-state index contributed by atoms with van der Waals surface area (Å²) in [6.45, 7) is 7.89. The summed E-state index contributed by atoms with van der Waals surface area (Å²) in [4.78, 5) is 4.52. The van der Waals surface area contributed by atoms with Crippen LogP contribution in [0.5, 0.6) is 0 Å². The van der Waals surface area contributed by atoms with Gasteiger partial charge in [-0.15, -0.1) is 0 Å². The van der Waals surface area contributed by atoms with Crippen LogP contribution in [0.4, 0.5) is 5.82 Å². The van der Waals surface area contributed by atoms with E-state index in [1.807, 2.05) is 6.07 Å². The van der Waals surface area contributed by atoms with E-state index in [1.165, 1.54) is 27.2 Å². The van der Waals surface area contributed by atoms with Crippen LogP contribution in [0.3, 0.4) is 0 Å². The van der Waals surface area contributed by atoms with Crippen LogP contribution in [0.25, 0.3) is 0 Å². The van der Waals surface area contributed by atoms with E-state index >= 15 is 0 Å². The number of nitrogens with zero attached hydrogens (tertiary/aromatic N) is 2. The normalized spacial score (nSPS) is 17.0. The minimum absolute atomic E-state index is 0.0732. The summed E-state index contributed by atoms with van der Waals surface area (Å²) < 4.78 is 31.9. The molecule has 0 aliphatic carbocycles. The summed E-state index contributed by atoms with van der Waals surface area (Å²) in [5, 5.41) is 3.34. The van der Waals surface area contributed by atoms with E-state index < -0.39 is 10.0 Å². The molecule has 1 atom stereocenters. The van der Waals surface area contributed by atoms with Gasteiger partial charge in [0.2, 0.25) is 10.0 Å². The molecule has 1 aliphatic heterocycles. The molecular weight excluding hydrogens is 350 g/mol. The number of rotatable bonds is 5. The van der Waals surface area contributed by atoms with Crippen molar-refractivity contribution in [1.82, 2.24) is 9.29 Å². The number of anilines is 1. The van der Waals surface area contributed by atoms with Gasteiger partial charge in [0.05, 0.1) is 19.3 Å². The predicted molar refractivity (Wildman–Crippen MR) is 102 cm³/mol. The van der Waals surface area contributed by atoms with Crippen LogP contribution in [0.15, 0.2) is 41.4 Å². The van der Waals surface area contributed by atoms with Crippen molar-refractivity contribution in [3.63, 3.8) is 0 Å². The lowest BCUT2D eigenvalue weighted by Gasteiger charge is -2.26. The van der Waals surface area contributed by atoms with Gasteiger partial charge in [-0.2, -0.15) is 4.31 Å². The molecule has 2 aromatic rings. The predicted octanol–water partition coefficient (Wildman–Crippen LogP) is 2.89. The Morgan fingerprint density at radius 1 is 1.15 bits per heavy atom. The maximum atomic E-state index is 12.6. The molecule has 0 saturated carbocycles. The van der Waals surface area contributed by atoms with Crippen molar-refractivity contribution in [3.05, 3.63) is 53.2 Å². The first-order chi connectivity index (χ1) is 12.4. The Kier molecular flexibility index (Phi) is 5.60. The average molecular weight is 375 g/mol. The number of pyridine rings is 1. The van der Waals surface area contributed by atoms with Crippen LogP contribution in [0.2, 0.25) is 0 Å². The highest BCUT2D eigenvalue weighted by atomic mass is 32.2. The summed E-state index contributed by atoms with van der Waals surface area (Å²) in [6, 6.07) is 9.63. The third kappa shape index (κ3) is 3.90. The second-order valence-electron chi connectivity index (χ2n) is 6.55. The molecule has 26 heavy (non-hydrogen) atoms. The summed E-state index contributed by atoms with van der Waals surface area (Å²) in [6.07, 6.45) is 1.42. The Morgan fingerprint density at radius 3 is 2.54 bits per heavy atom. The van der Waals surface area contributed by atoms with Gasteiger partial charge in [0.1, 0.15) is 10.7 Å². The number of ether oxygens (including phenoxy) is 1. The molecule has 1 fully saturated rings. The number of morpholine rings is 1. The Morgan fingerprint density at radius 2 is 1.88 bits per heavy atom. The largest absolute Gasteiger partial charge is 0.379 e. The van der Waals surface area contributed by atoms with Crippen molar-refractivity contribution in [3.8, 4) is 0 Å². The number of hydrogen-bond donors (Lipinski definition) is 1. The molecule has 6 nitrogen and oxygen atoms in total. The number of aryl methyl sites for hydroxylation is 1. The molecule has 0 amide bonds. The summed E-state index contributed by atoms with van der Waals surface area (Å²) in [5.41, 5.74) is 3.70. The van der Waals surface area contributed by atoms with Crippen molar-refractivity contribution in [2.75, 3.05) is 31.6 Å². The number of hydrogen-bond acceptors (Lipinski definition) is 5. The molecule has 1 aromatic carbocycles. The van der Waals surface area contributed by atoms with Crippen molar-refractivity contribution in [2.24, 2.45) is 0 Å². The molecule has 1 aliphatic rings. The van der Waals surface area contributed by atoms with Crippen LogP contribution in [-0.2, 0) is 14.8 Å². The van der Waals surface area contributed by atoms with E-state index in [4.69, 9.17) is 4.74 Å². The number of benzene rings is 1. The number of aromatic nitrogens is 1. The Labute approximate surface area is 155 Å². The van der Waals surface area contributed by atoms with E-state index in [0.717, 1.165) is 0 Å². The van der Waals surface area contributed by atoms with Gasteiger partial charge in [-0.05, 0) is 49.6 Å². The average Bonchev–Trinajstić information content (AvgIpc) is 2.65. The van der Waals surface area contributed by atoms with Gasteiger partial charge in [0.15, 0.2) is 0 Å². The lowest BCUT2D eigenvalue weighted by Crippen LogP contribution is -2.40. The van der Waals surface area contributed by atoms with Crippen LogP contribution < -0.4 is 5.32 Å². The maximum absolute atomic E-state index is 12.6. The molecule has 0 radical (unpaired) electrons. The first-order valence-corrected chi connectivity index (χ1v) is 10.2. The monoisotopic (exact) mass is 375 g/mol. The second kappa shape index (κ2) is 7.73. The van der Waals surface area contributed by atoms with E-state index in [-0.39, 0.29) is 10.9 Å². The second-order valence-corrected chi connectivity index (χ2v) is 8.49. The molecule has 7 heteroatoms. The zero-order chi connectivity index (χ0) is 18.7. The molecule has 2 heterocycles. The van der Waals surface area contributed by atoms with E-state index in [2.05, 4.69) is 43.2 Å². The minimum atomic E-state index is -3.51. The standard InChI is InChI=1S/C19H25N3O3S/c1-14-5-4-6-18(15(14)2)16(3)21-19-8-7-17(13-20-19)26(23,24)22-9-11-25-12-10-22/h4-8,13,16H,9-12H2,1-3H3,(H,20,21). The van der Waals surface area contributed by atoms with Gasteiger partial charge >= 0.3 is 0 Å². The fraction of sp³-hybridized carbons (Fsp3) is 0.421. The van der Waals surface area contributed by atoms with Crippen molar-refractivity contribution < 1.29 is 13.2 Å². The van der Waals surface area contributed by atoms with E-state index in [9.17, 15) is 8.42 Å². The molecule has 1 unspecified atom stereocenters. The molecule has 1 saturated heterocycles. The number of sulfonamides is 1. The Balaban J connectivity index is 1.74. The van der Waals surface area contributed by atoms with Gasteiger partial charge in [-0.3, -0.25) is 0 Å². The molecule has 1 aromatic heterocycles. The zero-order valence-electron chi connectivity index (χ0n) is 15.4. The fourth-order valence-electron chi connectivity index (χ4n) is 3.10. The Hall–Kier alpha value is -1.96. The summed E-state index contributed by atoms with van der Waals surface area (Å²) in [7, 11) is -3.51. The van der Waals surface area contributed by atoms with Crippen molar-refractivity contribution >= 4 is 15.8 Å². The van der Waals surface area contributed by atoms with Crippen LogP contribution in [0, 0.1) is 13.8 Å². The third-order valence-electron chi connectivity index (χ3n) is 4.82. The summed E-state index contributed by atoms with van der Waals surface area (Å²) in [5.74, 6) is 0.652. The van der Waals surface area contributed by atoms with Gasteiger partial charge in [-0.1, -0.05) is 18.2 Å². The number of nitrogens with one attached hydrogen (secondary N) is 1. The highest BCUT2D eigenvalue weighted by molar-refractivity contribution is 7.89. The lowest BCUT2D eigenvalue weighted by atomic mass is 9.98. The molecule has 140 valence electrons. The smallest absolute Gasteiger partial charge is 0.244 e. The van der Waals surface area contributed by atoms with Crippen LogP contribution >= 0.6 is 0 Å². The summed E-state index contributed by atoms with van der Waals surface area (Å²) >= 11 is 0. The first kappa shape index (κ1) is 18.8. The van der Waals surface area contributed by atoms with Crippen LogP contribution in [-0.4, -0.2) is 44.0 Å². The maximum Gasteiger partial charge on any atom is 0.244 e. The molecule has 0 spiro atoms. The first-order valence-electron chi connectivity index (χ1n) is 8.76. The van der Waals surface area contributed by atoms with Crippen molar-refractivity contribution in [2.45, 2.75) is 31.7 Å². The van der Waals surface area contributed by atoms with Crippen LogP contribution in [0.1, 0.15) is 29.7 Å². The van der Waals surface area contributed by atoms with E-state index in [1.54, 1.807) is 12.1 Å². The van der Waals surface area contributed by atoms with Gasteiger partial charge in [0, 0.05) is 19.3 Å². The quantitative estimate of drug-likeness (QED) is 0.870.